The number of hydrogen-bond donors (Lipinski definition) is 1. The molecule has 0 saturated carbocycles. The van der Waals surface area contributed by atoms with Crippen molar-refractivity contribution in [1.82, 2.24) is 24.6 Å². The maximum Gasteiger partial charge on any atom is 0.317 e. The van der Waals surface area contributed by atoms with Gasteiger partial charge in [-0.25, -0.2) is 9.37 Å². The molecule has 5 aliphatic rings. The molecule has 3 aliphatic carbocycles. The van der Waals surface area contributed by atoms with Gasteiger partial charge in [0.1, 0.15) is 24.3 Å². The van der Waals surface area contributed by atoms with Gasteiger partial charge in [0.15, 0.2) is 0 Å². The van der Waals surface area contributed by atoms with Crippen molar-refractivity contribution < 1.29 is 18.2 Å². The molecule has 296 valence electrons. The summed E-state index contributed by atoms with van der Waals surface area (Å²) in [5.74, 6) is 3.54. The maximum atomic E-state index is 14.1. The summed E-state index contributed by atoms with van der Waals surface area (Å²) in [6.07, 6.45) is 16.7. The summed E-state index contributed by atoms with van der Waals surface area (Å²) < 4.78 is 15.3. The molecule has 2 aliphatic heterocycles. The quantitative estimate of drug-likeness (QED) is 0.134. The van der Waals surface area contributed by atoms with Crippen molar-refractivity contribution in [2.75, 3.05) is 82.8 Å². The van der Waals surface area contributed by atoms with Crippen LogP contribution in [0.4, 0.5) is 4.79 Å². The van der Waals surface area contributed by atoms with Crippen LogP contribution < -0.4 is 25.9 Å². The fourth-order valence-corrected chi connectivity index (χ4v) is 13.3. The molecule has 0 radical (unpaired) electrons. The van der Waals surface area contributed by atoms with E-state index in [2.05, 4.69) is 106 Å². The minimum Gasteiger partial charge on any atom is -0.456 e. The van der Waals surface area contributed by atoms with Gasteiger partial charge in [-0.2, -0.15) is 0 Å². The first-order valence-corrected chi connectivity index (χ1v) is 23.7. The highest BCUT2D eigenvalue weighted by atomic mass is 33.2. The van der Waals surface area contributed by atoms with E-state index >= 15 is 0 Å². The van der Waals surface area contributed by atoms with Crippen molar-refractivity contribution in [3.8, 4) is 11.3 Å². The Kier molecular flexibility index (Phi) is 15.6. The Morgan fingerprint density at radius 2 is 1.74 bits per heavy atom. The molecule has 1 saturated heterocycles. The van der Waals surface area contributed by atoms with Crippen LogP contribution in [0, 0.1) is 5.92 Å². The van der Waals surface area contributed by atoms with Crippen molar-refractivity contribution in [2.45, 2.75) is 67.3 Å². The molecule has 1 fully saturated rings. The summed E-state index contributed by atoms with van der Waals surface area (Å²) >= 11 is 0. The van der Waals surface area contributed by atoms with Crippen LogP contribution in [-0.2, 0) is 8.98 Å². The standard InChI is InChI=1S/C43H63N5O4S2/c1-8-45(9-2)35-20-22-37-39(31-35)52-40-32-36(46(10-3)11-4)21-23-38(40)41(37)33-18-15-16-19-34(30-33)42(49)47-25-27-48(28-26-47)43(50)44-24-17-29-54(14-7,51-12-5)53-13-6/h15-16,18-20,22-23,30-32,34,36H,8-14,17,21,24-29H2,1-7H3/p+1. The molecule has 0 aromatic carbocycles. The predicted molar refractivity (Wildman–Crippen MR) is 230 cm³/mol. The molecule has 54 heavy (non-hydrogen) atoms. The number of hydrogen-bond acceptors (Lipinski definition) is 6. The van der Waals surface area contributed by atoms with Crippen LogP contribution in [0.1, 0.15) is 66.9 Å². The highest BCUT2D eigenvalue weighted by Gasteiger charge is 2.29. The molecule has 11 heteroatoms. The van der Waals surface area contributed by atoms with Crippen LogP contribution in [0.25, 0.3) is 29.0 Å². The number of carbonyl (C=O) groups excluding carboxylic acids is 2. The molecule has 2 heterocycles. The SMILES string of the molecule is CCOS(CC)(CCCNC(=O)N1CCN(C(=O)C2C=CC=CC(c3c4ccc(=[N+](CC)CC)cc-4oc4c3=CCC(N(CC)CC)C=4)=C2)CC1)SCC. The lowest BCUT2D eigenvalue weighted by atomic mass is 9.90. The normalized spacial score (nSPS) is 20.0. The molecule has 1 N–H and O–H groups in total. The first kappa shape index (κ1) is 41.9. The number of amides is 3. The third kappa shape index (κ3) is 9.75. The van der Waals surface area contributed by atoms with E-state index in [1.165, 1.54) is 0 Å². The van der Waals surface area contributed by atoms with Crippen LogP contribution in [-0.4, -0.2) is 115 Å². The molecule has 9 nitrogen and oxygen atoms in total. The van der Waals surface area contributed by atoms with Gasteiger partial charge in [0.05, 0.1) is 18.6 Å². The van der Waals surface area contributed by atoms with Crippen molar-refractivity contribution in [2.24, 2.45) is 5.92 Å². The monoisotopic (exact) mass is 778 g/mol. The van der Waals surface area contributed by atoms with Gasteiger partial charge in [-0.05, 0) is 64.4 Å². The van der Waals surface area contributed by atoms with Crippen molar-refractivity contribution in [1.29, 1.82) is 0 Å². The molecule has 0 aromatic rings. The predicted octanol–water partition coefficient (Wildman–Crippen LogP) is 5.69. The van der Waals surface area contributed by atoms with Crippen LogP contribution in [0.2, 0.25) is 0 Å². The minimum absolute atomic E-state index is 0.0499. The number of urea groups is 1. The largest absolute Gasteiger partial charge is 0.456 e. The Hall–Kier alpha value is -3.25. The first-order valence-electron chi connectivity index (χ1n) is 20.3. The average Bonchev–Trinajstić information content (AvgIpc) is 3.45. The van der Waals surface area contributed by atoms with E-state index in [-0.39, 0.29) is 18.0 Å². The number of piperazine rings is 1. The van der Waals surface area contributed by atoms with Crippen LogP contribution >= 0.6 is 20.1 Å². The molecule has 5 rings (SSSR count). The van der Waals surface area contributed by atoms with Gasteiger partial charge in [-0.15, -0.1) is 0 Å². The Morgan fingerprint density at radius 1 is 1.00 bits per heavy atom. The second kappa shape index (κ2) is 20.1. The summed E-state index contributed by atoms with van der Waals surface area (Å²) in [4.78, 5) is 33.5. The van der Waals surface area contributed by atoms with E-state index in [0.717, 1.165) is 101 Å². The maximum absolute atomic E-state index is 14.1. The van der Waals surface area contributed by atoms with Gasteiger partial charge in [0, 0.05) is 78.4 Å². The zero-order chi connectivity index (χ0) is 38.7. The lowest BCUT2D eigenvalue weighted by molar-refractivity contribution is -0.134. The van der Waals surface area contributed by atoms with Gasteiger partial charge in [-0.1, -0.05) is 84.3 Å². The fraction of sp³-hybridized carbons (Fsp3) is 0.558. The molecule has 0 bridgehead atoms. The lowest BCUT2D eigenvalue weighted by Gasteiger charge is -2.37. The van der Waals surface area contributed by atoms with E-state index in [0.29, 0.717) is 32.7 Å². The summed E-state index contributed by atoms with van der Waals surface area (Å²) in [6.45, 7) is 22.4. The summed E-state index contributed by atoms with van der Waals surface area (Å²) in [7, 11) is 0.781. The zero-order valence-corrected chi connectivity index (χ0v) is 35.4. The number of benzene rings is 1. The molecule has 0 aromatic heterocycles. The smallest absolute Gasteiger partial charge is 0.317 e. The van der Waals surface area contributed by atoms with Gasteiger partial charge < -0.3 is 23.7 Å². The highest BCUT2D eigenvalue weighted by Crippen LogP contribution is 2.60. The number of nitrogens with zero attached hydrogens (tertiary/aromatic N) is 4. The lowest BCUT2D eigenvalue weighted by Crippen LogP contribution is -2.54. The van der Waals surface area contributed by atoms with E-state index in [4.69, 9.17) is 8.60 Å². The minimum atomic E-state index is -1.16. The molecule has 3 unspecified atom stereocenters. The van der Waals surface area contributed by atoms with Crippen molar-refractivity contribution >= 4 is 49.8 Å². The van der Waals surface area contributed by atoms with Crippen LogP contribution in [0.15, 0.2) is 53.0 Å². The summed E-state index contributed by atoms with van der Waals surface area (Å²) in [5.41, 5.74) is 4.06. The second-order valence-electron chi connectivity index (χ2n) is 13.8. The molecular formula is C43H64N5O4S2+. The topological polar surface area (TPSA) is 81.3 Å². The number of carbonyl (C=O) groups is 2. The van der Waals surface area contributed by atoms with Gasteiger partial charge in [0.25, 0.3) is 0 Å². The third-order valence-corrected chi connectivity index (χ3v) is 17.4. The molecule has 0 spiro atoms. The first-order chi connectivity index (χ1) is 26.2. The third-order valence-electron chi connectivity index (χ3n) is 10.8. The average molecular weight is 779 g/mol. The Labute approximate surface area is 328 Å². The van der Waals surface area contributed by atoms with Crippen molar-refractivity contribution in [3.05, 3.63) is 70.1 Å². The number of fused-ring (bicyclic) bond motifs is 2. The molecule has 3 atom stereocenters. The van der Waals surface area contributed by atoms with E-state index in [1.54, 1.807) is 0 Å². The molecule has 3 amide bonds. The summed E-state index contributed by atoms with van der Waals surface area (Å²) in [6, 6.07) is 6.77. The van der Waals surface area contributed by atoms with Gasteiger partial charge >= 0.3 is 6.03 Å². The second-order valence-corrected chi connectivity index (χ2v) is 19.9. The Morgan fingerprint density at radius 3 is 2.41 bits per heavy atom. The van der Waals surface area contributed by atoms with Crippen LogP contribution in [0.5, 0.6) is 0 Å². The zero-order valence-electron chi connectivity index (χ0n) is 33.8. The van der Waals surface area contributed by atoms with Crippen molar-refractivity contribution in [3.63, 3.8) is 0 Å². The number of rotatable bonds is 16. The van der Waals surface area contributed by atoms with Gasteiger partial charge in [-0.3, -0.25) is 9.69 Å². The van der Waals surface area contributed by atoms with Gasteiger partial charge in [0.2, 0.25) is 11.3 Å². The van der Waals surface area contributed by atoms with Crippen LogP contribution in [0.3, 0.4) is 0 Å². The Bertz CT molecular complexity index is 1840. The summed E-state index contributed by atoms with van der Waals surface area (Å²) in [5, 5.41) is 5.36. The van der Waals surface area contributed by atoms with E-state index in [1.807, 2.05) is 38.8 Å². The van der Waals surface area contributed by atoms with E-state index < -0.39 is 15.3 Å². The molecular weight excluding hydrogens is 715 g/mol. The van der Waals surface area contributed by atoms with E-state index in [9.17, 15) is 9.59 Å². The highest BCUT2D eigenvalue weighted by molar-refractivity contribution is 8.92. The Balaban J connectivity index is 1.34. The number of nitrogens with one attached hydrogen (secondary N) is 1. The number of allylic oxidation sites excluding steroid dienone is 4. The fourth-order valence-electron chi connectivity index (χ4n) is 7.90.